The van der Waals surface area contributed by atoms with Crippen LogP contribution in [0.15, 0.2) is 4.42 Å². The van der Waals surface area contributed by atoms with Gasteiger partial charge in [-0.3, -0.25) is 0 Å². The average molecular weight is 166 g/mol. The minimum atomic E-state index is 0.710. The molecule has 0 fully saturated rings. The molecule has 0 atom stereocenters. The zero-order valence-corrected chi connectivity index (χ0v) is 7.64. The molecule has 0 saturated carbocycles. The molecule has 0 spiro atoms. The molecule has 0 aliphatic heterocycles. The predicted molar refractivity (Wildman–Crippen MR) is 46.6 cm³/mol. The van der Waals surface area contributed by atoms with Crippen molar-refractivity contribution in [3.8, 4) is 5.95 Å². The molecule has 66 valence electrons. The fourth-order valence-electron chi connectivity index (χ4n) is 1.89. The number of rotatable bonds is 1. The first-order valence-corrected chi connectivity index (χ1v) is 4.48. The van der Waals surface area contributed by atoms with Crippen LogP contribution in [0, 0.1) is 6.92 Å². The van der Waals surface area contributed by atoms with E-state index in [9.17, 15) is 0 Å². The van der Waals surface area contributed by atoms with E-state index in [0.717, 1.165) is 18.6 Å². The highest BCUT2D eigenvalue weighted by atomic mass is 16.6. The normalized spacial score (nSPS) is 15.8. The van der Waals surface area contributed by atoms with E-state index in [-0.39, 0.29) is 0 Å². The molecule has 2 nitrogen and oxygen atoms in total. The first-order valence-electron chi connectivity index (χ1n) is 4.48. The molecule has 1 aliphatic rings. The molecule has 1 aliphatic carbocycles. The van der Waals surface area contributed by atoms with Crippen molar-refractivity contribution in [2.24, 2.45) is 0 Å². The summed E-state index contributed by atoms with van der Waals surface area (Å²) in [6, 6.07) is 0. The van der Waals surface area contributed by atoms with Gasteiger partial charge in [0.15, 0.2) is 0 Å². The Morgan fingerprint density at radius 3 is 2.67 bits per heavy atom. The first-order chi connectivity index (χ1) is 5.83. The van der Waals surface area contributed by atoms with Gasteiger partial charge in [0.25, 0.3) is 5.95 Å². The molecule has 1 aromatic rings. The molecule has 12 heavy (non-hydrogen) atoms. The van der Waals surface area contributed by atoms with Crippen LogP contribution in [0.2, 0.25) is 0 Å². The number of ether oxygens (including phenoxy) is 1. The molecule has 1 heterocycles. The van der Waals surface area contributed by atoms with Crippen molar-refractivity contribution in [2.75, 3.05) is 7.11 Å². The van der Waals surface area contributed by atoms with E-state index in [1.165, 1.54) is 24.0 Å². The van der Waals surface area contributed by atoms with Crippen molar-refractivity contribution in [1.82, 2.24) is 0 Å². The van der Waals surface area contributed by atoms with Crippen LogP contribution in [0.3, 0.4) is 0 Å². The van der Waals surface area contributed by atoms with Gasteiger partial charge in [0.1, 0.15) is 5.76 Å². The van der Waals surface area contributed by atoms with Gasteiger partial charge < -0.3 is 9.15 Å². The first kappa shape index (κ1) is 7.71. The highest BCUT2D eigenvalue weighted by Gasteiger charge is 2.19. The molecule has 1 aromatic heterocycles. The Morgan fingerprint density at radius 1 is 1.25 bits per heavy atom. The van der Waals surface area contributed by atoms with Crippen molar-refractivity contribution in [2.45, 2.75) is 32.6 Å². The predicted octanol–water partition coefficient (Wildman–Crippen LogP) is 2.48. The van der Waals surface area contributed by atoms with Crippen LogP contribution < -0.4 is 4.74 Å². The summed E-state index contributed by atoms with van der Waals surface area (Å²) in [4.78, 5) is 0. The number of hydrogen-bond donors (Lipinski definition) is 0. The van der Waals surface area contributed by atoms with E-state index in [2.05, 4.69) is 6.92 Å². The fraction of sp³-hybridized carbons (Fsp3) is 0.600. The van der Waals surface area contributed by atoms with Gasteiger partial charge in [-0.2, -0.15) is 0 Å². The minimum Gasteiger partial charge on any atom is -0.468 e. The van der Waals surface area contributed by atoms with E-state index in [1.54, 1.807) is 7.11 Å². The third kappa shape index (κ3) is 1.02. The van der Waals surface area contributed by atoms with E-state index < -0.39 is 0 Å². The summed E-state index contributed by atoms with van der Waals surface area (Å²) in [5.74, 6) is 1.86. The van der Waals surface area contributed by atoms with Gasteiger partial charge in [-0.15, -0.1) is 0 Å². The lowest BCUT2D eigenvalue weighted by Gasteiger charge is -2.08. The van der Waals surface area contributed by atoms with Crippen LogP contribution in [0.5, 0.6) is 5.95 Å². The lowest BCUT2D eigenvalue weighted by molar-refractivity contribution is 0.290. The van der Waals surface area contributed by atoms with E-state index in [4.69, 9.17) is 9.15 Å². The Morgan fingerprint density at radius 2 is 2.00 bits per heavy atom. The van der Waals surface area contributed by atoms with E-state index in [1.807, 2.05) is 0 Å². The van der Waals surface area contributed by atoms with Gasteiger partial charge >= 0.3 is 0 Å². The third-order valence-electron chi connectivity index (χ3n) is 2.58. The zero-order chi connectivity index (χ0) is 8.55. The van der Waals surface area contributed by atoms with Crippen LogP contribution >= 0.6 is 0 Å². The van der Waals surface area contributed by atoms with Crippen LogP contribution in [0.4, 0.5) is 0 Å². The maximum atomic E-state index is 5.56. The number of aryl methyl sites for hydroxylation is 1. The van der Waals surface area contributed by atoms with Crippen molar-refractivity contribution in [1.29, 1.82) is 0 Å². The SMILES string of the molecule is COc1oc2c(c1C)CCCC2. The van der Waals surface area contributed by atoms with Crippen molar-refractivity contribution >= 4 is 0 Å². The van der Waals surface area contributed by atoms with E-state index >= 15 is 0 Å². The Labute approximate surface area is 72.5 Å². The Balaban J connectivity index is 2.44. The lowest BCUT2D eigenvalue weighted by atomic mass is 9.96. The van der Waals surface area contributed by atoms with Crippen LogP contribution in [-0.4, -0.2) is 7.11 Å². The third-order valence-corrected chi connectivity index (χ3v) is 2.58. The summed E-state index contributed by atoms with van der Waals surface area (Å²) in [5.41, 5.74) is 2.59. The summed E-state index contributed by atoms with van der Waals surface area (Å²) in [6.45, 7) is 2.08. The summed E-state index contributed by atoms with van der Waals surface area (Å²) >= 11 is 0. The largest absolute Gasteiger partial charge is 0.468 e. The topological polar surface area (TPSA) is 22.4 Å². The Kier molecular flexibility index (Phi) is 1.83. The van der Waals surface area contributed by atoms with Crippen molar-refractivity contribution in [3.63, 3.8) is 0 Å². The molecule has 2 rings (SSSR count). The number of fused-ring (bicyclic) bond motifs is 1. The average Bonchev–Trinajstić information content (AvgIpc) is 2.44. The molecule has 0 unspecified atom stereocenters. The molecule has 0 N–H and O–H groups in total. The molecule has 0 saturated heterocycles. The van der Waals surface area contributed by atoms with E-state index in [0.29, 0.717) is 5.95 Å². The molecule has 0 amide bonds. The molecule has 2 heteroatoms. The number of methoxy groups -OCH3 is 1. The Hall–Kier alpha value is -0.920. The highest BCUT2D eigenvalue weighted by molar-refractivity contribution is 5.37. The molecular formula is C10H14O2. The number of furan rings is 1. The smallest absolute Gasteiger partial charge is 0.287 e. The maximum Gasteiger partial charge on any atom is 0.287 e. The van der Waals surface area contributed by atoms with Gasteiger partial charge in [-0.05, 0) is 26.2 Å². The Bertz CT molecular complexity index is 286. The number of hydrogen-bond acceptors (Lipinski definition) is 2. The van der Waals surface area contributed by atoms with Gasteiger partial charge in [0.2, 0.25) is 0 Å². The van der Waals surface area contributed by atoms with Gasteiger partial charge in [0.05, 0.1) is 7.11 Å². The van der Waals surface area contributed by atoms with Gasteiger partial charge in [-0.1, -0.05) is 0 Å². The molecule has 0 bridgehead atoms. The van der Waals surface area contributed by atoms with Crippen LogP contribution in [0.25, 0.3) is 0 Å². The minimum absolute atomic E-state index is 0.710. The van der Waals surface area contributed by atoms with Crippen LogP contribution in [-0.2, 0) is 12.8 Å². The second-order valence-corrected chi connectivity index (χ2v) is 3.33. The standard InChI is InChI=1S/C10H14O2/c1-7-8-5-3-4-6-9(8)12-10(7)11-2/h3-6H2,1-2H3. The van der Waals surface area contributed by atoms with Crippen LogP contribution in [0.1, 0.15) is 29.7 Å². The maximum absolute atomic E-state index is 5.56. The second-order valence-electron chi connectivity index (χ2n) is 3.33. The van der Waals surface area contributed by atoms with Gasteiger partial charge in [-0.25, -0.2) is 0 Å². The zero-order valence-electron chi connectivity index (χ0n) is 7.64. The summed E-state index contributed by atoms with van der Waals surface area (Å²) in [6.07, 6.45) is 4.78. The second kappa shape index (κ2) is 2.85. The summed E-state index contributed by atoms with van der Waals surface area (Å²) in [5, 5.41) is 0. The monoisotopic (exact) mass is 166 g/mol. The molecule has 0 radical (unpaired) electrons. The summed E-state index contributed by atoms with van der Waals surface area (Å²) < 4.78 is 10.7. The fourth-order valence-corrected chi connectivity index (χ4v) is 1.89. The molecule has 0 aromatic carbocycles. The highest BCUT2D eigenvalue weighted by Crippen LogP contribution is 2.33. The quantitative estimate of drug-likeness (QED) is 0.639. The van der Waals surface area contributed by atoms with Crippen molar-refractivity contribution in [3.05, 3.63) is 16.9 Å². The van der Waals surface area contributed by atoms with Gasteiger partial charge in [0, 0.05) is 17.5 Å². The summed E-state index contributed by atoms with van der Waals surface area (Å²) in [7, 11) is 1.66. The lowest BCUT2D eigenvalue weighted by Crippen LogP contribution is -1.99. The van der Waals surface area contributed by atoms with Crippen molar-refractivity contribution < 1.29 is 9.15 Å². The molecular weight excluding hydrogens is 152 g/mol.